The van der Waals surface area contributed by atoms with Crippen molar-refractivity contribution in [3.63, 3.8) is 0 Å². The van der Waals surface area contributed by atoms with E-state index < -0.39 is 0 Å². The van der Waals surface area contributed by atoms with Crippen molar-refractivity contribution >= 4 is 17.8 Å². The molecule has 1 aromatic heterocycles. The van der Waals surface area contributed by atoms with Crippen LogP contribution in [-0.4, -0.2) is 48.4 Å². The topological polar surface area (TPSA) is 94.1 Å². The van der Waals surface area contributed by atoms with Crippen LogP contribution in [0.1, 0.15) is 79.1 Å². The highest BCUT2D eigenvalue weighted by Crippen LogP contribution is 2.18. The minimum atomic E-state index is 0.236. The van der Waals surface area contributed by atoms with Gasteiger partial charge >= 0.3 is 0 Å². The molecule has 30 heavy (non-hydrogen) atoms. The molecule has 0 atom stereocenters. The van der Waals surface area contributed by atoms with Crippen molar-refractivity contribution in [1.29, 1.82) is 0 Å². The Morgan fingerprint density at radius 2 is 1.17 bits per heavy atom. The number of nitrogens with one attached hydrogen (secondary N) is 1. The predicted octanol–water partition coefficient (Wildman–Crippen LogP) is 4.45. The third-order valence-electron chi connectivity index (χ3n) is 4.02. The second kappa shape index (κ2) is 17.0. The quantitative estimate of drug-likeness (QED) is 0.251. The molecule has 0 spiro atoms. The van der Waals surface area contributed by atoms with Crippen LogP contribution in [0, 0.1) is 0 Å². The fourth-order valence-corrected chi connectivity index (χ4v) is 2.09. The minimum Gasteiger partial charge on any atom is -0.273 e. The van der Waals surface area contributed by atoms with Gasteiger partial charge in [0.15, 0.2) is 0 Å². The summed E-state index contributed by atoms with van der Waals surface area (Å²) in [6.07, 6.45) is 7.78. The van der Waals surface area contributed by atoms with E-state index in [1.54, 1.807) is 7.05 Å². The number of hydrogen-bond acceptors (Lipinski definition) is 10. The highest BCUT2D eigenvalue weighted by Gasteiger charge is 2.18. The molecule has 0 amide bonds. The van der Waals surface area contributed by atoms with E-state index in [9.17, 15) is 0 Å². The molecule has 0 aromatic carbocycles. The second-order valence-electron chi connectivity index (χ2n) is 6.88. The maximum Gasteiger partial charge on any atom is 0.284 e. The van der Waals surface area contributed by atoms with Gasteiger partial charge in [0.25, 0.3) is 17.8 Å². The van der Waals surface area contributed by atoms with E-state index >= 15 is 0 Å². The largest absolute Gasteiger partial charge is 0.284 e. The Morgan fingerprint density at radius 1 is 0.667 bits per heavy atom. The van der Waals surface area contributed by atoms with Gasteiger partial charge in [-0.1, -0.05) is 58.6 Å². The van der Waals surface area contributed by atoms with E-state index in [-0.39, 0.29) is 11.9 Å². The van der Waals surface area contributed by atoms with E-state index in [1.807, 2.05) is 0 Å². The summed E-state index contributed by atoms with van der Waals surface area (Å²) in [5.41, 5.74) is 2.79. The molecule has 174 valence electrons. The zero-order chi connectivity index (χ0) is 22.0. The van der Waals surface area contributed by atoms with Gasteiger partial charge in [-0.25, -0.2) is 20.2 Å². The number of rotatable bonds is 19. The molecule has 1 heterocycles. The summed E-state index contributed by atoms with van der Waals surface area (Å²) in [5.74, 6) is 0.834. The maximum absolute atomic E-state index is 5.78. The summed E-state index contributed by atoms with van der Waals surface area (Å²) < 4.78 is 0. The third kappa shape index (κ3) is 10.9. The molecule has 10 heteroatoms. The first-order chi connectivity index (χ1) is 14.7. The van der Waals surface area contributed by atoms with Crippen molar-refractivity contribution in [2.75, 3.05) is 49.2 Å². The van der Waals surface area contributed by atoms with Crippen LogP contribution in [0.15, 0.2) is 0 Å². The Hall–Kier alpha value is -1.75. The molecule has 0 saturated carbocycles. The fourth-order valence-electron chi connectivity index (χ4n) is 2.09. The molecule has 0 radical (unpaired) electrons. The van der Waals surface area contributed by atoms with Gasteiger partial charge in [-0.3, -0.25) is 9.68 Å². The Morgan fingerprint density at radius 3 is 1.73 bits per heavy atom. The molecular formula is C20H40N6O4. The van der Waals surface area contributed by atoms with Gasteiger partial charge in [0.05, 0.1) is 26.4 Å². The maximum atomic E-state index is 5.78. The number of hydrogen-bond donors (Lipinski definition) is 1. The van der Waals surface area contributed by atoms with Gasteiger partial charge < -0.3 is 0 Å². The number of unbranched alkanes of at least 4 members (excludes halogenated alkanes) is 4. The molecule has 0 unspecified atom stereocenters. The summed E-state index contributed by atoms with van der Waals surface area (Å²) in [6.45, 7) is 10.6. The lowest BCUT2D eigenvalue weighted by Gasteiger charge is -2.23. The average Bonchev–Trinajstić information content (AvgIpc) is 2.76. The summed E-state index contributed by atoms with van der Waals surface area (Å²) in [4.78, 5) is 36.0. The Kier molecular flexibility index (Phi) is 14.9. The number of anilines is 3. The summed E-state index contributed by atoms with van der Waals surface area (Å²) in [5, 5.41) is 2.79. The normalized spacial score (nSPS) is 11.0. The molecule has 0 aliphatic rings. The lowest BCUT2D eigenvalue weighted by molar-refractivity contribution is -0.0943. The van der Waals surface area contributed by atoms with Gasteiger partial charge in [-0.2, -0.15) is 15.0 Å². The fraction of sp³-hybridized carbons (Fsp3) is 0.850. The van der Waals surface area contributed by atoms with Gasteiger partial charge in [0.2, 0.25) is 0 Å². The van der Waals surface area contributed by atoms with Crippen molar-refractivity contribution in [2.45, 2.75) is 79.1 Å². The monoisotopic (exact) mass is 428 g/mol. The first-order valence-corrected chi connectivity index (χ1v) is 11.2. The van der Waals surface area contributed by atoms with Crippen LogP contribution in [0.4, 0.5) is 17.8 Å². The highest BCUT2D eigenvalue weighted by molar-refractivity contribution is 5.40. The Bertz CT molecular complexity index is 542. The van der Waals surface area contributed by atoms with E-state index in [0.717, 1.165) is 51.4 Å². The molecule has 0 aliphatic heterocycles. The lowest BCUT2D eigenvalue weighted by Crippen LogP contribution is -2.29. The zero-order valence-electron chi connectivity index (χ0n) is 19.4. The predicted molar refractivity (Wildman–Crippen MR) is 118 cm³/mol. The molecule has 0 saturated heterocycles. The van der Waals surface area contributed by atoms with E-state index in [2.05, 4.69) is 48.1 Å². The van der Waals surface area contributed by atoms with E-state index in [0.29, 0.717) is 32.4 Å². The SMILES string of the molecule is CCCCONc1nc(N(C)OCCCC)nc(N(OCCCC)OCCCC)n1. The van der Waals surface area contributed by atoms with Gasteiger partial charge in [-0.05, 0) is 25.7 Å². The van der Waals surface area contributed by atoms with Crippen molar-refractivity contribution in [3.05, 3.63) is 0 Å². The smallest absolute Gasteiger partial charge is 0.273 e. The highest BCUT2D eigenvalue weighted by atomic mass is 16.9. The molecule has 0 aliphatic carbocycles. The van der Waals surface area contributed by atoms with Crippen LogP contribution in [0.25, 0.3) is 0 Å². The molecule has 0 bridgehead atoms. The second-order valence-corrected chi connectivity index (χ2v) is 6.88. The van der Waals surface area contributed by atoms with Gasteiger partial charge in [-0.15, -0.1) is 0 Å². The van der Waals surface area contributed by atoms with Gasteiger partial charge in [0, 0.05) is 7.05 Å². The van der Waals surface area contributed by atoms with Crippen LogP contribution < -0.4 is 15.8 Å². The molecule has 1 rings (SSSR count). The zero-order valence-corrected chi connectivity index (χ0v) is 19.4. The Balaban J connectivity index is 3.00. The van der Waals surface area contributed by atoms with Crippen molar-refractivity contribution in [2.24, 2.45) is 0 Å². The van der Waals surface area contributed by atoms with Crippen LogP contribution in [0.5, 0.6) is 0 Å². The number of aromatic nitrogens is 3. The first kappa shape index (κ1) is 26.3. The lowest BCUT2D eigenvalue weighted by atomic mass is 10.4. The summed E-state index contributed by atoms with van der Waals surface area (Å²) in [6, 6.07) is 0. The van der Waals surface area contributed by atoms with Crippen molar-refractivity contribution in [1.82, 2.24) is 15.0 Å². The minimum absolute atomic E-state index is 0.236. The van der Waals surface area contributed by atoms with Crippen molar-refractivity contribution in [3.8, 4) is 0 Å². The number of hydroxylamine groups is 1. The number of nitrogens with zero attached hydrogens (tertiary/aromatic N) is 5. The van der Waals surface area contributed by atoms with Crippen LogP contribution in [0.3, 0.4) is 0 Å². The molecular weight excluding hydrogens is 388 g/mol. The van der Waals surface area contributed by atoms with E-state index in [4.69, 9.17) is 19.4 Å². The van der Waals surface area contributed by atoms with Crippen LogP contribution >= 0.6 is 0 Å². The van der Waals surface area contributed by atoms with Gasteiger partial charge in [0.1, 0.15) is 0 Å². The Labute approximate surface area is 181 Å². The molecule has 10 nitrogen and oxygen atoms in total. The molecule has 0 fully saturated rings. The summed E-state index contributed by atoms with van der Waals surface area (Å²) in [7, 11) is 1.76. The summed E-state index contributed by atoms with van der Waals surface area (Å²) >= 11 is 0. The third-order valence-corrected chi connectivity index (χ3v) is 4.02. The first-order valence-electron chi connectivity index (χ1n) is 11.2. The van der Waals surface area contributed by atoms with E-state index in [1.165, 1.54) is 10.3 Å². The van der Waals surface area contributed by atoms with Crippen molar-refractivity contribution < 1.29 is 19.4 Å². The van der Waals surface area contributed by atoms with Crippen LogP contribution in [0.2, 0.25) is 0 Å². The molecule has 1 aromatic rings. The average molecular weight is 429 g/mol. The standard InChI is InChI=1S/C20H40N6O4/c1-6-10-14-27-24-18-21-19(25(5)28-15-11-7-2)23-20(22-18)26(29-16-12-8-3)30-17-13-9-4/h6-17H2,1-5H3,(H,21,22,23,24). The van der Waals surface area contributed by atoms with Crippen LogP contribution in [-0.2, 0) is 19.4 Å². The molecule has 1 N–H and O–H groups in total.